The molecule has 1 saturated carbocycles. The Balaban J connectivity index is 1.57. The van der Waals surface area contributed by atoms with Crippen LogP contribution in [0.5, 0.6) is 17.2 Å². The van der Waals surface area contributed by atoms with Crippen molar-refractivity contribution in [3.05, 3.63) is 53.6 Å². The fraction of sp³-hybridized carbons (Fsp3) is 0.500. The van der Waals surface area contributed by atoms with Crippen molar-refractivity contribution in [2.45, 2.75) is 51.9 Å². The van der Waals surface area contributed by atoms with Gasteiger partial charge >= 0.3 is 10.1 Å². The van der Waals surface area contributed by atoms with E-state index in [1.165, 1.54) is 25.5 Å². The third kappa shape index (κ3) is 6.94. The number of rotatable bonds is 13. The third-order valence-corrected chi connectivity index (χ3v) is 6.47. The number of methoxy groups -OCH3 is 1. The van der Waals surface area contributed by atoms with Crippen molar-refractivity contribution in [3.63, 3.8) is 0 Å². The molecule has 3 rings (SSSR count). The molecule has 0 amide bonds. The molecule has 5 nitrogen and oxygen atoms in total. The van der Waals surface area contributed by atoms with Crippen molar-refractivity contribution < 1.29 is 22.1 Å². The van der Waals surface area contributed by atoms with Crippen LogP contribution in [0, 0.1) is 5.92 Å². The Hall–Kier alpha value is -2.21. The smallest absolute Gasteiger partial charge is 0.309 e. The molecule has 0 aliphatic heterocycles. The Morgan fingerprint density at radius 3 is 2.50 bits per heavy atom. The molecule has 30 heavy (non-hydrogen) atoms. The van der Waals surface area contributed by atoms with E-state index in [0.717, 1.165) is 49.5 Å². The summed E-state index contributed by atoms with van der Waals surface area (Å²) in [4.78, 5) is 0. The van der Waals surface area contributed by atoms with Crippen LogP contribution in [0.25, 0.3) is 0 Å². The molecule has 0 heterocycles. The van der Waals surface area contributed by atoms with E-state index in [2.05, 4.69) is 6.07 Å². The predicted molar refractivity (Wildman–Crippen MR) is 119 cm³/mol. The number of benzene rings is 2. The van der Waals surface area contributed by atoms with E-state index < -0.39 is 10.1 Å². The molecule has 2 aromatic rings. The maximum atomic E-state index is 12.1. The lowest BCUT2D eigenvalue weighted by Gasteiger charge is -2.13. The summed E-state index contributed by atoms with van der Waals surface area (Å²) in [7, 11) is -2.08. The number of hydrogen-bond acceptors (Lipinski definition) is 5. The highest BCUT2D eigenvalue weighted by atomic mass is 32.2. The van der Waals surface area contributed by atoms with Crippen LogP contribution < -0.4 is 13.7 Å². The van der Waals surface area contributed by atoms with Gasteiger partial charge in [-0.05, 0) is 73.8 Å². The van der Waals surface area contributed by atoms with Crippen LogP contribution in [0.1, 0.15) is 50.2 Å². The molecule has 0 unspecified atom stereocenters. The first-order valence-corrected chi connectivity index (χ1v) is 12.4. The van der Waals surface area contributed by atoms with Gasteiger partial charge in [0.05, 0.1) is 19.5 Å². The minimum absolute atomic E-state index is 0.0105. The lowest BCUT2D eigenvalue weighted by molar-refractivity contribution is 0.296. The molecule has 0 atom stereocenters. The van der Waals surface area contributed by atoms with Gasteiger partial charge < -0.3 is 13.7 Å². The van der Waals surface area contributed by atoms with Crippen molar-refractivity contribution in [2.75, 3.05) is 19.5 Å². The zero-order valence-corrected chi connectivity index (χ0v) is 18.7. The van der Waals surface area contributed by atoms with Gasteiger partial charge in [-0.2, -0.15) is 8.42 Å². The van der Waals surface area contributed by atoms with Gasteiger partial charge in [0, 0.05) is 0 Å². The van der Waals surface area contributed by atoms with E-state index in [4.69, 9.17) is 13.7 Å². The van der Waals surface area contributed by atoms with Crippen LogP contribution >= 0.6 is 0 Å². The van der Waals surface area contributed by atoms with Crippen molar-refractivity contribution in [3.8, 4) is 17.2 Å². The molecule has 2 aromatic carbocycles. The SMILES string of the molecule is CCCCS(=O)(=O)Oc1ccc(CCCc2ccccc2OCC2CC2)cc1OC. The molecule has 1 aliphatic rings. The van der Waals surface area contributed by atoms with E-state index >= 15 is 0 Å². The average Bonchev–Trinajstić information content (AvgIpc) is 3.57. The number of hydrogen-bond donors (Lipinski definition) is 0. The minimum Gasteiger partial charge on any atom is -0.493 e. The summed E-state index contributed by atoms with van der Waals surface area (Å²) in [6.07, 6.45) is 6.68. The van der Waals surface area contributed by atoms with Gasteiger partial charge in [0.25, 0.3) is 0 Å². The Kier molecular flexibility index (Phi) is 8.02. The number of ether oxygens (including phenoxy) is 2. The van der Waals surface area contributed by atoms with E-state index in [0.29, 0.717) is 12.2 Å². The van der Waals surface area contributed by atoms with E-state index in [1.54, 1.807) is 6.07 Å². The first kappa shape index (κ1) is 22.5. The summed E-state index contributed by atoms with van der Waals surface area (Å²) in [6, 6.07) is 13.7. The van der Waals surface area contributed by atoms with Gasteiger partial charge in [-0.25, -0.2) is 0 Å². The lowest BCUT2D eigenvalue weighted by Crippen LogP contribution is -2.14. The summed E-state index contributed by atoms with van der Waals surface area (Å²) in [5, 5.41) is 0. The standard InChI is InChI=1S/C24H32O5S/c1-3-4-16-30(25,26)29-23-15-14-19(17-24(23)27-2)8-7-10-21-9-5-6-11-22(21)28-18-20-12-13-20/h5-6,9,11,14-15,17,20H,3-4,7-8,10,12-13,16,18H2,1-2H3. The molecule has 0 N–H and O–H groups in total. The van der Waals surface area contributed by atoms with Gasteiger partial charge in [-0.15, -0.1) is 0 Å². The fourth-order valence-electron chi connectivity index (χ4n) is 3.26. The molecule has 1 aliphatic carbocycles. The molecular weight excluding hydrogens is 400 g/mol. The second kappa shape index (κ2) is 10.7. The highest BCUT2D eigenvalue weighted by Gasteiger charge is 2.22. The van der Waals surface area contributed by atoms with Crippen molar-refractivity contribution in [1.29, 1.82) is 0 Å². The van der Waals surface area contributed by atoms with Crippen molar-refractivity contribution in [1.82, 2.24) is 0 Å². The minimum atomic E-state index is -3.60. The molecule has 0 aromatic heterocycles. The molecule has 1 fully saturated rings. The topological polar surface area (TPSA) is 61.8 Å². The Morgan fingerprint density at radius 2 is 1.77 bits per heavy atom. The number of unbranched alkanes of at least 4 members (excludes halogenated alkanes) is 1. The van der Waals surface area contributed by atoms with E-state index in [1.807, 2.05) is 37.3 Å². The summed E-state index contributed by atoms with van der Waals surface area (Å²) in [5.41, 5.74) is 2.31. The van der Waals surface area contributed by atoms with Crippen LogP contribution in [0.3, 0.4) is 0 Å². The average molecular weight is 433 g/mol. The molecule has 0 bridgehead atoms. The van der Waals surface area contributed by atoms with Gasteiger partial charge in [0.2, 0.25) is 0 Å². The predicted octanol–water partition coefficient (Wildman–Crippen LogP) is 5.17. The molecular formula is C24H32O5S. The lowest BCUT2D eigenvalue weighted by atomic mass is 10.0. The third-order valence-electron chi connectivity index (χ3n) is 5.25. The quantitative estimate of drug-likeness (QED) is 0.409. The van der Waals surface area contributed by atoms with Crippen LogP contribution in [0.2, 0.25) is 0 Å². The largest absolute Gasteiger partial charge is 0.493 e. The monoisotopic (exact) mass is 432 g/mol. The van der Waals surface area contributed by atoms with Crippen molar-refractivity contribution >= 4 is 10.1 Å². The summed E-state index contributed by atoms with van der Waals surface area (Å²) >= 11 is 0. The van der Waals surface area contributed by atoms with Gasteiger partial charge in [-0.3, -0.25) is 0 Å². The van der Waals surface area contributed by atoms with Gasteiger partial charge in [0.1, 0.15) is 5.75 Å². The summed E-state index contributed by atoms with van der Waals surface area (Å²) in [6.45, 7) is 2.76. The second-order valence-electron chi connectivity index (χ2n) is 7.90. The van der Waals surface area contributed by atoms with Crippen LogP contribution in [-0.2, 0) is 23.0 Å². The molecule has 0 saturated heterocycles. The fourth-order valence-corrected chi connectivity index (χ4v) is 4.40. The maximum absolute atomic E-state index is 12.1. The summed E-state index contributed by atoms with van der Waals surface area (Å²) in [5.74, 6) is 2.42. The number of aryl methyl sites for hydroxylation is 2. The Bertz CT molecular complexity index is 919. The second-order valence-corrected chi connectivity index (χ2v) is 9.59. The van der Waals surface area contributed by atoms with E-state index in [-0.39, 0.29) is 11.5 Å². The zero-order chi connectivity index (χ0) is 21.4. The first-order chi connectivity index (χ1) is 14.5. The van der Waals surface area contributed by atoms with Crippen LogP contribution in [0.15, 0.2) is 42.5 Å². The maximum Gasteiger partial charge on any atom is 0.309 e. The normalized spacial score (nSPS) is 13.8. The van der Waals surface area contributed by atoms with Gasteiger partial charge in [-0.1, -0.05) is 37.6 Å². The summed E-state index contributed by atoms with van der Waals surface area (Å²) < 4.78 is 40.8. The van der Waals surface area contributed by atoms with E-state index in [9.17, 15) is 8.42 Å². The highest BCUT2D eigenvalue weighted by molar-refractivity contribution is 7.87. The number of para-hydroxylation sites is 1. The van der Waals surface area contributed by atoms with Crippen molar-refractivity contribution in [2.24, 2.45) is 5.92 Å². The molecule has 6 heteroatoms. The molecule has 164 valence electrons. The molecule has 0 radical (unpaired) electrons. The first-order valence-electron chi connectivity index (χ1n) is 10.8. The Labute approximate surface area is 180 Å². The highest BCUT2D eigenvalue weighted by Crippen LogP contribution is 2.32. The van der Waals surface area contributed by atoms with Crippen LogP contribution in [-0.4, -0.2) is 27.9 Å². The molecule has 0 spiro atoms. The van der Waals surface area contributed by atoms with Gasteiger partial charge in [0.15, 0.2) is 11.5 Å². The van der Waals surface area contributed by atoms with Crippen LogP contribution in [0.4, 0.5) is 0 Å². The zero-order valence-electron chi connectivity index (χ0n) is 17.9. The Morgan fingerprint density at radius 1 is 0.967 bits per heavy atom.